The lowest BCUT2D eigenvalue weighted by Crippen LogP contribution is -2.24. The third-order valence-electron chi connectivity index (χ3n) is 3.19. The Bertz CT molecular complexity index is 600. The molecule has 19 heavy (non-hydrogen) atoms. The van der Waals surface area contributed by atoms with E-state index in [0.29, 0.717) is 6.61 Å². The first-order valence-corrected chi connectivity index (χ1v) is 6.89. The molecular formula is C15H14BrNO2. The van der Waals surface area contributed by atoms with Gasteiger partial charge in [-0.25, -0.2) is 0 Å². The molecule has 0 fully saturated rings. The zero-order valence-corrected chi connectivity index (χ0v) is 12.1. The Balaban J connectivity index is 1.93. The summed E-state index contributed by atoms with van der Waals surface area (Å²) in [7, 11) is 1.69. The highest BCUT2D eigenvalue weighted by molar-refractivity contribution is 9.10. The largest absolute Gasteiger partial charge is 0.496 e. The Morgan fingerprint density at radius 1 is 1.26 bits per heavy atom. The Morgan fingerprint density at radius 3 is 2.95 bits per heavy atom. The fraction of sp³-hybridized carbons (Fsp3) is 0.200. The Morgan fingerprint density at radius 2 is 2.11 bits per heavy atom. The number of fused-ring (bicyclic) bond motifs is 1. The fourth-order valence-corrected chi connectivity index (χ4v) is 2.63. The van der Waals surface area contributed by atoms with Gasteiger partial charge in [0, 0.05) is 10.0 Å². The molecule has 98 valence electrons. The maximum atomic E-state index is 5.81. The second-order valence-electron chi connectivity index (χ2n) is 4.39. The molecule has 0 aromatic heterocycles. The van der Waals surface area contributed by atoms with Crippen molar-refractivity contribution in [1.29, 1.82) is 0 Å². The van der Waals surface area contributed by atoms with E-state index < -0.39 is 0 Å². The van der Waals surface area contributed by atoms with E-state index >= 15 is 0 Å². The topological polar surface area (TPSA) is 30.5 Å². The summed E-state index contributed by atoms with van der Waals surface area (Å²) >= 11 is 3.47. The number of methoxy groups -OCH3 is 1. The molecule has 0 amide bonds. The summed E-state index contributed by atoms with van der Waals surface area (Å²) in [5, 5.41) is 3.49. The summed E-state index contributed by atoms with van der Waals surface area (Å²) in [5.41, 5.74) is 2.10. The molecule has 3 nitrogen and oxygen atoms in total. The minimum absolute atomic E-state index is 0.0953. The standard InChI is InChI=1S/C15H14BrNO2/c1-18-14-5-3-2-4-11(14)13-9-19-15-7-6-10(16)8-12(15)17-13/h2-8,13,17H,9H2,1H3. The quantitative estimate of drug-likeness (QED) is 0.907. The van der Waals surface area contributed by atoms with Crippen LogP contribution in [-0.2, 0) is 0 Å². The van der Waals surface area contributed by atoms with Crippen molar-refractivity contribution in [1.82, 2.24) is 0 Å². The molecule has 1 aliphatic rings. The van der Waals surface area contributed by atoms with E-state index in [1.165, 1.54) is 0 Å². The lowest BCUT2D eigenvalue weighted by atomic mass is 10.0. The van der Waals surface area contributed by atoms with E-state index in [1.807, 2.05) is 36.4 Å². The van der Waals surface area contributed by atoms with Crippen molar-refractivity contribution in [2.45, 2.75) is 6.04 Å². The van der Waals surface area contributed by atoms with Gasteiger partial charge >= 0.3 is 0 Å². The van der Waals surface area contributed by atoms with Gasteiger partial charge < -0.3 is 14.8 Å². The number of para-hydroxylation sites is 1. The van der Waals surface area contributed by atoms with Crippen LogP contribution in [0.25, 0.3) is 0 Å². The molecule has 1 atom stereocenters. The summed E-state index contributed by atoms with van der Waals surface area (Å²) in [4.78, 5) is 0. The van der Waals surface area contributed by atoms with Gasteiger partial charge in [-0.15, -0.1) is 0 Å². The van der Waals surface area contributed by atoms with Crippen molar-refractivity contribution >= 4 is 21.6 Å². The summed E-state index contributed by atoms with van der Waals surface area (Å²) < 4.78 is 12.2. The van der Waals surface area contributed by atoms with E-state index in [9.17, 15) is 0 Å². The van der Waals surface area contributed by atoms with Crippen LogP contribution in [0.2, 0.25) is 0 Å². The van der Waals surface area contributed by atoms with Crippen LogP contribution < -0.4 is 14.8 Å². The highest BCUT2D eigenvalue weighted by Gasteiger charge is 2.22. The number of hydrogen-bond donors (Lipinski definition) is 1. The lowest BCUT2D eigenvalue weighted by molar-refractivity contribution is 0.282. The van der Waals surface area contributed by atoms with E-state index in [-0.39, 0.29) is 6.04 Å². The predicted molar refractivity (Wildman–Crippen MR) is 79.0 cm³/mol. The molecule has 0 radical (unpaired) electrons. The first-order valence-electron chi connectivity index (χ1n) is 6.10. The molecule has 0 bridgehead atoms. The SMILES string of the molecule is COc1ccccc1C1COc2ccc(Br)cc2N1. The number of rotatable bonds is 2. The number of benzene rings is 2. The third kappa shape index (κ3) is 2.40. The number of ether oxygens (including phenoxy) is 2. The van der Waals surface area contributed by atoms with Crippen molar-refractivity contribution in [3.63, 3.8) is 0 Å². The lowest BCUT2D eigenvalue weighted by Gasteiger charge is -2.28. The van der Waals surface area contributed by atoms with Crippen molar-refractivity contribution in [3.8, 4) is 11.5 Å². The van der Waals surface area contributed by atoms with Crippen LogP contribution in [0.4, 0.5) is 5.69 Å². The molecule has 0 aliphatic carbocycles. The monoisotopic (exact) mass is 319 g/mol. The second-order valence-corrected chi connectivity index (χ2v) is 5.31. The summed E-state index contributed by atoms with van der Waals surface area (Å²) in [6.07, 6.45) is 0. The average Bonchev–Trinajstić information content (AvgIpc) is 2.46. The van der Waals surface area contributed by atoms with Crippen LogP contribution in [0.15, 0.2) is 46.9 Å². The molecule has 1 heterocycles. The molecule has 1 unspecified atom stereocenters. The number of anilines is 1. The third-order valence-corrected chi connectivity index (χ3v) is 3.68. The normalized spacial score (nSPS) is 17.1. The molecule has 2 aromatic carbocycles. The van der Waals surface area contributed by atoms with Gasteiger partial charge in [-0.3, -0.25) is 0 Å². The first-order chi connectivity index (χ1) is 9.28. The number of nitrogens with one attached hydrogen (secondary N) is 1. The Hall–Kier alpha value is -1.68. The smallest absolute Gasteiger partial charge is 0.142 e. The van der Waals surface area contributed by atoms with Crippen LogP contribution in [0.1, 0.15) is 11.6 Å². The Kier molecular flexibility index (Phi) is 3.34. The highest BCUT2D eigenvalue weighted by atomic mass is 79.9. The van der Waals surface area contributed by atoms with Crippen LogP contribution in [-0.4, -0.2) is 13.7 Å². The maximum Gasteiger partial charge on any atom is 0.142 e. The van der Waals surface area contributed by atoms with Gasteiger partial charge in [0.15, 0.2) is 0 Å². The average molecular weight is 320 g/mol. The molecule has 4 heteroatoms. The molecule has 0 saturated carbocycles. The van der Waals surface area contributed by atoms with Crippen molar-refractivity contribution < 1.29 is 9.47 Å². The van der Waals surface area contributed by atoms with E-state index in [4.69, 9.17) is 9.47 Å². The van der Waals surface area contributed by atoms with Gasteiger partial charge in [0.1, 0.15) is 18.1 Å². The highest BCUT2D eigenvalue weighted by Crippen LogP contribution is 2.37. The molecule has 2 aromatic rings. The van der Waals surface area contributed by atoms with Crippen molar-refractivity contribution in [3.05, 3.63) is 52.5 Å². The Labute approximate surface area is 120 Å². The first kappa shape index (κ1) is 12.4. The van der Waals surface area contributed by atoms with Gasteiger partial charge in [-0.05, 0) is 24.3 Å². The van der Waals surface area contributed by atoms with Crippen LogP contribution in [0.5, 0.6) is 11.5 Å². The van der Waals surface area contributed by atoms with E-state index in [0.717, 1.165) is 27.2 Å². The molecule has 1 N–H and O–H groups in total. The minimum Gasteiger partial charge on any atom is -0.496 e. The minimum atomic E-state index is 0.0953. The zero-order valence-electron chi connectivity index (χ0n) is 10.5. The zero-order chi connectivity index (χ0) is 13.2. The maximum absolute atomic E-state index is 5.81. The summed E-state index contributed by atoms with van der Waals surface area (Å²) in [6, 6.07) is 14.1. The van der Waals surface area contributed by atoms with Gasteiger partial charge in [0.25, 0.3) is 0 Å². The van der Waals surface area contributed by atoms with Gasteiger partial charge in [0.2, 0.25) is 0 Å². The predicted octanol–water partition coefficient (Wildman–Crippen LogP) is 4.00. The number of hydrogen-bond acceptors (Lipinski definition) is 3. The summed E-state index contributed by atoms with van der Waals surface area (Å²) in [6.45, 7) is 0.592. The van der Waals surface area contributed by atoms with Gasteiger partial charge in [0.05, 0.1) is 18.8 Å². The van der Waals surface area contributed by atoms with Crippen LogP contribution in [0, 0.1) is 0 Å². The van der Waals surface area contributed by atoms with E-state index in [2.05, 4.69) is 27.3 Å². The van der Waals surface area contributed by atoms with Gasteiger partial charge in [-0.1, -0.05) is 34.1 Å². The molecule has 3 rings (SSSR count). The van der Waals surface area contributed by atoms with Crippen LogP contribution >= 0.6 is 15.9 Å². The van der Waals surface area contributed by atoms with Crippen molar-refractivity contribution in [2.24, 2.45) is 0 Å². The van der Waals surface area contributed by atoms with E-state index in [1.54, 1.807) is 7.11 Å². The molecule has 0 spiro atoms. The second kappa shape index (κ2) is 5.13. The molecule has 1 aliphatic heterocycles. The van der Waals surface area contributed by atoms with Crippen LogP contribution in [0.3, 0.4) is 0 Å². The number of halogens is 1. The molecule has 0 saturated heterocycles. The summed E-state index contributed by atoms with van der Waals surface area (Å²) in [5.74, 6) is 1.76. The molecular weight excluding hydrogens is 306 g/mol. The van der Waals surface area contributed by atoms with Gasteiger partial charge in [-0.2, -0.15) is 0 Å². The fourth-order valence-electron chi connectivity index (χ4n) is 2.27. The van der Waals surface area contributed by atoms with Crippen molar-refractivity contribution in [2.75, 3.05) is 19.0 Å².